The molecule has 3 aromatic rings. The Hall–Kier alpha value is -2.36. The average molecular weight is 307 g/mol. The van der Waals surface area contributed by atoms with Gasteiger partial charge in [-0.15, -0.1) is 0 Å². The van der Waals surface area contributed by atoms with Gasteiger partial charge in [0.1, 0.15) is 0 Å². The molecule has 0 unspecified atom stereocenters. The van der Waals surface area contributed by atoms with Crippen LogP contribution in [0.5, 0.6) is 5.88 Å². The Morgan fingerprint density at radius 3 is 2.35 bits per heavy atom. The van der Waals surface area contributed by atoms with Crippen LogP contribution in [0, 0.1) is 34.6 Å². The van der Waals surface area contributed by atoms with Crippen LogP contribution in [-0.4, -0.2) is 21.2 Å². The molecule has 4 rings (SSSR count). The summed E-state index contributed by atoms with van der Waals surface area (Å²) in [5, 5.41) is 4.74. The summed E-state index contributed by atoms with van der Waals surface area (Å²) in [5.41, 5.74) is 10.3. The van der Waals surface area contributed by atoms with Gasteiger partial charge in [-0.25, -0.2) is 4.98 Å². The molecule has 0 N–H and O–H groups in total. The average Bonchev–Trinajstić information content (AvgIpc) is 3.05. The monoisotopic (exact) mass is 307 g/mol. The van der Waals surface area contributed by atoms with Crippen LogP contribution in [0.4, 0.5) is 0 Å². The maximum Gasteiger partial charge on any atom is 0.221 e. The van der Waals surface area contributed by atoms with Crippen molar-refractivity contribution in [3.63, 3.8) is 0 Å². The van der Waals surface area contributed by atoms with Gasteiger partial charge in [-0.2, -0.15) is 9.61 Å². The molecule has 4 heteroatoms. The number of nitrogens with zero attached hydrogens (tertiary/aromatic N) is 3. The van der Waals surface area contributed by atoms with Gasteiger partial charge >= 0.3 is 0 Å². The second-order valence-electron chi connectivity index (χ2n) is 6.55. The topological polar surface area (TPSA) is 39.4 Å². The van der Waals surface area contributed by atoms with Gasteiger partial charge < -0.3 is 4.74 Å². The van der Waals surface area contributed by atoms with Crippen LogP contribution in [0.2, 0.25) is 0 Å². The minimum absolute atomic E-state index is 0.716. The first-order chi connectivity index (χ1) is 11.0. The van der Waals surface area contributed by atoms with E-state index in [0.29, 0.717) is 6.61 Å². The summed E-state index contributed by atoms with van der Waals surface area (Å²) < 4.78 is 7.72. The van der Waals surface area contributed by atoms with Crippen LogP contribution in [0.15, 0.2) is 12.1 Å². The van der Waals surface area contributed by atoms with E-state index in [0.717, 1.165) is 34.9 Å². The highest BCUT2D eigenvalue weighted by molar-refractivity contribution is 5.84. The first kappa shape index (κ1) is 14.2. The number of ether oxygens (including phenoxy) is 1. The Balaban J connectivity index is 2.10. The molecule has 0 radical (unpaired) electrons. The molecule has 4 nitrogen and oxygen atoms in total. The molecule has 3 heterocycles. The van der Waals surface area contributed by atoms with Crippen molar-refractivity contribution in [2.75, 3.05) is 6.61 Å². The Morgan fingerprint density at radius 1 is 0.957 bits per heavy atom. The van der Waals surface area contributed by atoms with Gasteiger partial charge in [0, 0.05) is 17.7 Å². The number of aromatic nitrogens is 3. The molecule has 1 aliphatic rings. The van der Waals surface area contributed by atoms with Crippen molar-refractivity contribution < 1.29 is 4.74 Å². The summed E-state index contributed by atoms with van der Waals surface area (Å²) in [5.74, 6) is 0.865. The summed E-state index contributed by atoms with van der Waals surface area (Å²) >= 11 is 0. The third-order valence-electron chi connectivity index (χ3n) is 4.71. The second-order valence-corrected chi connectivity index (χ2v) is 6.55. The zero-order valence-corrected chi connectivity index (χ0v) is 14.3. The standard InChI is InChI=1S/C19H21N3O/c1-10-8-11(2)16(12(3)9-10)17-14(5)21-22-18(17)20-13(4)15-6-7-23-19(15)22/h8-9H,6-7H2,1-5H3. The third kappa shape index (κ3) is 1.97. The smallest absolute Gasteiger partial charge is 0.221 e. The van der Waals surface area contributed by atoms with E-state index >= 15 is 0 Å². The fourth-order valence-electron chi connectivity index (χ4n) is 3.82. The molecule has 0 saturated carbocycles. The predicted octanol–water partition coefficient (Wildman–Crippen LogP) is 3.87. The summed E-state index contributed by atoms with van der Waals surface area (Å²) in [6.45, 7) is 11.3. The number of hydrogen-bond donors (Lipinski definition) is 0. The molecule has 0 atom stereocenters. The van der Waals surface area contributed by atoms with Crippen molar-refractivity contribution in [3.05, 3.63) is 45.8 Å². The van der Waals surface area contributed by atoms with E-state index in [-0.39, 0.29) is 0 Å². The molecule has 0 saturated heterocycles. The first-order valence-electron chi connectivity index (χ1n) is 8.07. The third-order valence-corrected chi connectivity index (χ3v) is 4.71. The molecule has 1 aromatic carbocycles. The lowest BCUT2D eigenvalue weighted by molar-refractivity contribution is 0.336. The van der Waals surface area contributed by atoms with Crippen LogP contribution in [0.1, 0.15) is 33.6 Å². The minimum atomic E-state index is 0.716. The van der Waals surface area contributed by atoms with Crippen molar-refractivity contribution >= 4 is 5.65 Å². The van der Waals surface area contributed by atoms with Gasteiger partial charge in [0.25, 0.3) is 0 Å². The molecule has 2 aromatic heterocycles. The van der Waals surface area contributed by atoms with Crippen LogP contribution < -0.4 is 4.74 Å². The van der Waals surface area contributed by atoms with Gasteiger partial charge in [-0.05, 0) is 51.3 Å². The molecule has 118 valence electrons. The lowest BCUT2D eigenvalue weighted by Gasteiger charge is -2.12. The van der Waals surface area contributed by atoms with Gasteiger partial charge in [0.15, 0.2) is 5.65 Å². The molecule has 23 heavy (non-hydrogen) atoms. The van der Waals surface area contributed by atoms with E-state index in [9.17, 15) is 0 Å². The Labute approximate surface area is 136 Å². The van der Waals surface area contributed by atoms with Crippen LogP contribution in [0.3, 0.4) is 0 Å². The quantitative estimate of drug-likeness (QED) is 0.685. The van der Waals surface area contributed by atoms with Crippen molar-refractivity contribution in [3.8, 4) is 17.0 Å². The summed E-state index contributed by atoms with van der Waals surface area (Å²) in [4.78, 5) is 4.87. The normalized spacial score (nSPS) is 13.4. The highest BCUT2D eigenvalue weighted by Crippen LogP contribution is 2.37. The van der Waals surface area contributed by atoms with Gasteiger partial charge in [0.2, 0.25) is 5.88 Å². The van der Waals surface area contributed by atoms with E-state index in [1.54, 1.807) is 0 Å². The Morgan fingerprint density at radius 2 is 1.65 bits per heavy atom. The minimum Gasteiger partial charge on any atom is -0.477 e. The largest absolute Gasteiger partial charge is 0.477 e. The predicted molar refractivity (Wildman–Crippen MR) is 91.3 cm³/mol. The van der Waals surface area contributed by atoms with E-state index in [1.807, 2.05) is 4.52 Å². The highest BCUT2D eigenvalue weighted by atomic mass is 16.5. The van der Waals surface area contributed by atoms with E-state index in [2.05, 4.69) is 46.8 Å². The van der Waals surface area contributed by atoms with E-state index in [1.165, 1.54) is 27.8 Å². The van der Waals surface area contributed by atoms with Crippen LogP contribution in [-0.2, 0) is 6.42 Å². The van der Waals surface area contributed by atoms with Crippen molar-refractivity contribution in [2.24, 2.45) is 0 Å². The first-order valence-corrected chi connectivity index (χ1v) is 8.07. The number of benzene rings is 1. The van der Waals surface area contributed by atoms with Gasteiger partial charge in [0.05, 0.1) is 17.9 Å². The fraction of sp³-hybridized carbons (Fsp3) is 0.368. The molecule has 0 bridgehead atoms. The Bertz CT molecular complexity index is 930. The molecule has 0 amide bonds. The zero-order chi connectivity index (χ0) is 16.3. The van der Waals surface area contributed by atoms with Gasteiger partial charge in [-0.3, -0.25) is 0 Å². The van der Waals surface area contributed by atoms with Crippen LogP contribution in [0.25, 0.3) is 16.8 Å². The van der Waals surface area contributed by atoms with Gasteiger partial charge in [-0.1, -0.05) is 17.7 Å². The molecule has 0 aliphatic carbocycles. The number of fused-ring (bicyclic) bond motifs is 3. The maximum absolute atomic E-state index is 5.84. The van der Waals surface area contributed by atoms with E-state index in [4.69, 9.17) is 14.8 Å². The lowest BCUT2D eigenvalue weighted by atomic mass is 9.94. The molecule has 1 aliphatic heterocycles. The number of rotatable bonds is 1. The van der Waals surface area contributed by atoms with E-state index < -0.39 is 0 Å². The SMILES string of the molecule is Cc1cc(C)c(-c2c(C)nn3c4c(c(C)nc23)CCO4)c(C)c1. The van der Waals surface area contributed by atoms with Crippen LogP contribution >= 0.6 is 0 Å². The van der Waals surface area contributed by atoms with Crippen molar-refractivity contribution in [2.45, 2.75) is 41.0 Å². The summed E-state index contributed by atoms with van der Waals surface area (Å²) in [7, 11) is 0. The van der Waals surface area contributed by atoms with Crippen molar-refractivity contribution in [1.29, 1.82) is 0 Å². The summed E-state index contributed by atoms with van der Waals surface area (Å²) in [6.07, 6.45) is 0.918. The fourth-order valence-corrected chi connectivity index (χ4v) is 3.82. The highest BCUT2D eigenvalue weighted by Gasteiger charge is 2.25. The molecule has 0 fully saturated rings. The number of hydrogen-bond acceptors (Lipinski definition) is 3. The lowest BCUT2D eigenvalue weighted by Crippen LogP contribution is -2.00. The molecule has 0 spiro atoms. The summed E-state index contributed by atoms with van der Waals surface area (Å²) in [6, 6.07) is 4.45. The molecular weight excluding hydrogens is 286 g/mol. The molecular formula is C19H21N3O. The maximum atomic E-state index is 5.84. The Kier molecular flexibility index (Phi) is 2.98. The van der Waals surface area contributed by atoms with Crippen molar-refractivity contribution in [1.82, 2.24) is 14.6 Å². The second kappa shape index (κ2) is 4.82. The zero-order valence-electron chi connectivity index (χ0n) is 14.3. The number of aryl methyl sites for hydroxylation is 5.